The molecule has 1 atom stereocenters. The van der Waals surface area contributed by atoms with Gasteiger partial charge in [-0.05, 0) is 50.7 Å². The van der Waals surface area contributed by atoms with E-state index >= 15 is 0 Å². The zero-order valence-electron chi connectivity index (χ0n) is 15.9. The van der Waals surface area contributed by atoms with Gasteiger partial charge in [-0.3, -0.25) is 14.5 Å². The van der Waals surface area contributed by atoms with E-state index in [2.05, 4.69) is 5.32 Å². The summed E-state index contributed by atoms with van der Waals surface area (Å²) in [6, 6.07) is 16.9. The van der Waals surface area contributed by atoms with Gasteiger partial charge >= 0.3 is 0 Å². The molecule has 0 unspecified atom stereocenters. The topological polar surface area (TPSA) is 52.7 Å². The molecule has 2 amide bonds. The first kappa shape index (κ1) is 19.7. The van der Waals surface area contributed by atoms with Crippen molar-refractivity contribution < 1.29 is 9.59 Å². The van der Waals surface area contributed by atoms with Crippen LogP contribution in [0.1, 0.15) is 29.8 Å². The molecule has 2 rings (SSSR count). The molecule has 5 heteroatoms. The maximum absolute atomic E-state index is 12.9. The van der Waals surface area contributed by atoms with E-state index in [1.807, 2.05) is 68.3 Å². The lowest BCUT2D eigenvalue weighted by Gasteiger charge is -2.30. The predicted octanol–water partition coefficient (Wildman–Crippen LogP) is 2.92. The summed E-state index contributed by atoms with van der Waals surface area (Å²) in [5.41, 5.74) is 2.60. The minimum Gasteiger partial charge on any atom is -0.355 e. The Morgan fingerprint density at radius 1 is 1.04 bits per heavy atom. The summed E-state index contributed by atoms with van der Waals surface area (Å²) in [4.78, 5) is 28.4. The van der Waals surface area contributed by atoms with Gasteiger partial charge in [0.15, 0.2) is 0 Å². The average molecular weight is 353 g/mol. The molecule has 5 nitrogen and oxygen atoms in total. The first-order valence-electron chi connectivity index (χ1n) is 8.85. The zero-order chi connectivity index (χ0) is 19.1. The number of para-hydroxylation sites is 1. The second-order valence-electron chi connectivity index (χ2n) is 6.29. The van der Waals surface area contributed by atoms with E-state index < -0.39 is 0 Å². The number of carbonyl (C=O) groups is 2. The van der Waals surface area contributed by atoms with Gasteiger partial charge in [0.05, 0.1) is 6.04 Å². The highest BCUT2D eigenvalue weighted by atomic mass is 16.2. The number of anilines is 1. The minimum absolute atomic E-state index is 0.0724. The van der Waals surface area contributed by atoms with Crippen LogP contribution < -0.4 is 10.2 Å². The third-order valence-electron chi connectivity index (χ3n) is 4.54. The number of hydrogen-bond donors (Lipinski definition) is 1. The minimum atomic E-state index is -0.256. The van der Waals surface area contributed by atoms with Crippen LogP contribution in [0.25, 0.3) is 0 Å². The molecular weight excluding hydrogens is 326 g/mol. The van der Waals surface area contributed by atoms with Crippen LogP contribution in [0.2, 0.25) is 0 Å². The maximum atomic E-state index is 12.9. The number of nitrogens with one attached hydrogen (secondary N) is 1. The second-order valence-corrected chi connectivity index (χ2v) is 6.29. The molecular formula is C21H27N3O2. The van der Waals surface area contributed by atoms with Crippen molar-refractivity contribution in [3.8, 4) is 0 Å². The Morgan fingerprint density at radius 2 is 1.65 bits per heavy atom. The van der Waals surface area contributed by atoms with Gasteiger partial charge in [0.2, 0.25) is 5.91 Å². The first-order chi connectivity index (χ1) is 12.5. The molecule has 0 saturated carbocycles. The van der Waals surface area contributed by atoms with Crippen molar-refractivity contribution >= 4 is 17.5 Å². The fourth-order valence-electron chi connectivity index (χ4n) is 2.82. The molecule has 2 aromatic carbocycles. The van der Waals surface area contributed by atoms with Crippen molar-refractivity contribution in [2.45, 2.75) is 26.4 Å². The number of rotatable bonds is 7. The molecule has 26 heavy (non-hydrogen) atoms. The Balaban J connectivity index is 2.05. The summed E-state index contributed by atoms with van der Waals surface area (Å²) < 4.78 is 0. The van der Waals surface area contributed by atoms with E-state index in [0.29, 0.717) is 18.7 Å². The molecule has 0 radical (unpaired) electrons. The second kappa shape index (κ2) is 9.15. The van der Waals surface area contributed by atoms with Gasteiger partial charge in [-0.1, -0.05) is 30.3 Å². The van der Waals surface area contributed by atoms with Gasteiger partial charge in [-0.15, -0.1) is 0 Å². The predicted molar refractivity (Wildman–Crippen MR) is 105 cm³/mol. The lowest BCUT2D eigenvalue weighted by Crippen LogP contribution is -2.45. The van der Waals surface area contributed by atoms with Crippen molar-refractivity contribution in [2.75, 3.05) is 25.5 Å². The quantitative estimate of drug-likeness (QED) is 0.833. The molecule has 1 N–H and O–H groups in total. The van der Waals surface area contributed by atoms with E-state index in [1.54, 1.807) is 24.1 Å². The number of carbonyl (C=O) groups excluding carboxylic acids is 2. The standard InChI is InChI=1S/C21H27N3O2/c1-5-24(19-9-7-6-8-10-19)21(26)16(2)23(4)15-17-11-13-18(14-12-17)20(25)22-3/h6-14,16H,5,15H2,1-4H3,(H,22,25)/t16-/m0/s1. The van der Waals surface area contributed by atoms with Crippen LogP contribution in [0, 0.1) is 0 Å². The molecule has 138 valence electrons. The highest BCUT2D eigenvalue weighted by Gasteiger charge is 2.24. The van der Waals surface area contributed by atoms with E-state index in [0.717, 1.165) is 11.3 Å². The molecule has 0 aliphatic heterocycles. The fourth-order valence-corrected chi connectivity index (χ4v) is 2.82. The molecule has 0 spiro atoms. The lowest BCUT2D eigenvalue weighted by atomic mass is 10.1. The van der Waals surface area contributed by atoms with Crippen molar-refractivity contribution in [3.05, 3.63) is 65.7 Å². The molecule has 0 bridgehead atoms. The maximum Gasteiger partial charge on any atom is 0.251 e. The van der Waals surface area contributed by atoms with Gasteiger partial charge < -0.3 is 10.2 Å². The van der Waals surface area contributed by atoms with E-state index in [-0.39, 0.29) is 17.9 Å². The van der Waals surface area contributed by atoms with Crippen molar-refractivity contribution in [1.29, 1.82) is 0 Å². The molecule has 0 fully saturated rings. The largest absolute Gasteiger partial charge is 0.355 e. The number of hydrogen-bond acceptors (Lipinski definition) is 3. The highest BCUT2D eigenvalue weighted by molar-refractivity contribution is 5.97. The van der Waals surface area contributed by atoms with Gasteiger partial charge in [0.25, 0.3) is 5.91 Å². The van der Waals surface area contributed by atoms with Crippen LogP contribution >= 0.6 is 0 Å². The summed E-state index contributed by atoms with van der Waals surface area (Å²) in [7, 11) is 3.55. The number of nitrogens with zero attached hydrogens (tertiary/aromatic N) is 2. The first-order valence-corrected chi connectivity index (χ1v) is 8.85. The smallest absolute Gasteiger partial charge is 0.251 e. The Morgan fingerprint density at radius 3 is 2.19 bits per heavy atom. The third-order valence-corrected chi connectivity index (χ3v) is 4.54. The van der Waals surface area contributed by atoms with Crippen LogP contribution in [-0.4, -0.2) is 43.4 Å². The van der Waals surface area contributed by atoms with Gasteiger partial charge in [-0.2, -0.15) is 0 Å². The molecule has 0 saturated heterocycles. The molecule has 2 aromatic rings. The van der Waals surface area contributed by atoms with Crippen molar-refractivity contribution in [2.24, 2.45) is 0 Å². The Hall–Kier alpha value is -2.66. The normalized spacial score (nSPS) is 11.9. The van der Waals surface area contributed by atoms with E-state index in [1.165, 1.54) is 0 Å². The number of amides is 2. The fraction of sp³-hybridized carbons (Fsp3) is 0.333. The summed E-state index contributed by atoms with van der Waals surface area (Å²) in [6.45, 7) is 5.16. The summed E-state index contributed by atoms with van der Waals surface area (Å²) in [5.74, 6) is -0.0296. The Bertz CT molecular complexity index is 729. The molecule has 0 aliphatic carbocycles. The Kier molecular flexibility index (Phi) is 6.92. The van der Waals surface area contributed by atoms with Gasteiger partial charge in [0.1, 0.15) is 0 Å². The molecule has 0 aliphatic rings. The van der Waals surface area contributed by atoms with Crippen LogP contribution in [0.4, 0.5) is 5.69 Å². The van der Waals surface area contributed by atoms with Crippen molar-refractivity contribution in [3.63, 3.8) is 0 Å². The number of benzene rings is 2. The van der Waals surface area contributed by atoms with Crippen LogP contribution in [0.15, 0.2) is 54.6 Å². The number of likely N-dealkylation sites (N-methyl/N-ethyl adjacent to an activating group) is 2. The van der Waals surface area contributed by atoms with Crippen LogP contribution in [-0.2, 0) is 11.3 Å². The van der Waals surface area contributed by atoms with Crippen molar-refractivity contribution in [1.82, 2.24) is 10.2 Å². The van der Waals surface area contributed by atoms with Gasteiger partial charge in [-0.25, -0.2) is 0 Å². The van der Waals surface area contributed by atoms with Crippen LogP contribution in [0.3, 0.4) is 0 Å². The summed E-state index contributed by atoms with van der Waals surface area (Å²) in [5, 5.41) is 2.61. The molecule has 0 aromatic heterocycles. The third kappa shape index (κ3) is 4.70. The average Bonchev–Trinajstić information content (AvgIpc) is 2.68. The van der Waals surface area contributed by atoms with E-state index in [4.69, 9.17) is 0 Å². The Labute approximate surface area is 155 Å². The summed E-state index contributed by atoms with van der Waals surface area (Å²) >= 11 is 0. The van der Waals surface area contributed by atoms with E-state index in [9.17, 15) is 9.59 Å². The monoisotopic (exact) mass is 353 g/mol. The highest BCUT2D eigenvalue weighted by Crippen LogP contribution is 2.17. The summed E-state index contributed by atoms with van der Waals surface area (Å²) in [6.07, 6.45) is 0. The van der Waals surface area contributed by atoms with Gasteiger partial charge in [0, 0.05) is 31.4 Å². The lowest BCUT2D eigenvalue weighted by molar-refractivity contribution is -0.122. The molecule has 0 heterocycles. The zero-order valence-corrected chi connectivity index (χ0v) is 15.9. The van der Waals surface area contributed by atoms with Crippen LogP contribution in [0.5, 0.6) is 0 Å². The SMILES string of the molecule is CCN(C(=O)[C@H](C)N(C)Cc1ccc(C(=O)NC)cc1)c1ccccc1.